The second-order valence-electron chi connectivity index (χ2n) is 5.86. The standard InChI is InChI=1S/C16H29N5O/c1-5-13(6-2)9-18-16(17-3)21-7-8-22-15(12-21)14-10-19-20(4)11-14/h10-11,13,15H,5-9,12H2,1-4H3,(H,17,18). The third-order valence-electron chi connectivity index (χ3n) is 4.38. The summed E-state index contributed by atoms with van der Waals surface area (Å²) in [6.07, 6.45) is 6.36. The number of rotatable bonds is 5. The summed E-state index contributed by atoms with van der Waals surface area (Å²) >= 11 is 0. The van der Waals surface area contributed by atoms with Crippen LogP contribution >= 0.6 is 0 Å². The van der Waals surface area contributed by atoms with E-state index >= 15 is 0 Å². The Bertz CT molecular complexity index is 481. The van der Waals surface area contributed by atoms with Gasteiger partial charge < -0.3 is 15.0 Å². The molecular weight excluding hydrogens is 278 g/mol. The number of guanidine groups is 1. The van der Waals surface area contributed by atoms with Gasteiger partial charge in [-0.3, -0.25) is 9.67 Å². The number of hydrogen-bond donors (Lipinski definition) is 1. The van der Waals surface area contributed by atoms with Gasteiger partial charge in [0.1, 0.15) is 6.10 Å². The van der Waals surface area contributed by atoms with E-state index in [4.69, 9.17) is 4.74 Å². The molecule has 6 nitrogen and oxygen atoms in total. The average Bonchev–Trinajstić information content (AvgIpc) is 2.98. The van der Waals surface area contributed by atoms with Crippen LogP contribution in [0.15, 0.2) is 17.4 Å². The molecule has 1 atom stereocenters. The fraction of sp³-hybridized carbons (Fsp3) is 0.750. The number of ether oxygens (including phenoxy) is 1. The van der Waals surface area contributed by atoms with Crippen LogP contribution in [0.2, 0.25) is 0 Å². The van der Waals surface area contributed by atoms with E-state index in [-0.39, 0.29) is 6.10 Å². The molecule has 124 valence electrons. The predicted molar refractivity (Wildman–Crippen MR) is 88.9 cm³/mol. The van der Waals surface area contributed by atoms with Gasteiger partial charge in [0.2, 0.25) is 0 Å². The lowest BCUT2D eigenvalue weighted by Crippen LogP contribution is -2.49. The molecule has 1 aromatic heterocycles. The van der Waals surface area contributed by atoms with E-state index in [9.17, 15) is 0 Å². The highest BCUT2D eigenvalue weighted by atomic mass is 16.5. The van der Waals surface area contributed by atoms with Crippen LogP contribution in [0, 0.1) is 5.92 Å². The Hall–Kier alpha value is -1.56. The van der Waals surface area contributed by atoms with Crippen molar-refractivity contribution in [3.05, 3.63) is 18.0 Å². The van der Waals surface area contributed by atoms with Gasteiger partial charge in [-0.05, 0) is 5.92 Å². The summed E-state index contributed by atoms with van der Waals surface area (Å²) in [4.78, 5) is 6.72. The molecule has 1 aliphatic heterocycles. The van der Waals surface area contributed by atoms with Crippen LogP contribution < -0.4 is 5.32 Å². The molecule has 0 spiro atoms. The lowest BCUT2D eigenvalue weighted by Gasteiger charge is -2.35. The van der Waals surface area contributed by atoms with Crippen molar-refractivity contribution < 1.29 is 4.74 Å². The summed E-state index contributed by atoms with van der Waals surface area (Å²) in [5, 5.41) is 7.75. The molecule has 0 aromatic carbocycles. The predicted octanol–water partition coefficient (Wildman–Crippen LogP) is 1.80. The number of aromatic nitrogens is 2. The summed E-state index contributed by atoms with van der Waals surface area (Å²) in [6, 6.07) is 0. The summed E-state index contributed by atoms with van der Waals surface area (Å²) in [5.74, 6) is 1.68. The number of nitrogens with one attached hydrogen (secondary N) is 1. The lowest BCUT2D eigenvalue weighted by atomic mass is 10.0. The summed E-state index contributed by atoms with van der Waals surface area (Å²) in [5.41, 5.74) is 1.13. The zero-order valence-corrected chi connectivity index (χ0v) is 14.2. The minimum Gasteiger partial charge on any atom is -0.370 e. The second-order valence-corrected chi connectivity index (χ2v) is 5.86. The number of nitrogens with zero attached hydrogens (tertiary/aromatic N) is 4. The molecule has 2 rings (SSSR count). The Morgan fingerprint density at radius 2 is 2.27 bits per heavy atom. The van der Waals surface area contributed by atoms with Gasteiger partial charge in [0.25, 0.3) is 0 Å². The van der Waals surface area contributed by atoms with Crippen LogP contribution in [0.1, 0.15) is 38.4 Å². The van der Waals surface area contributed by atoms with E-state index < -0.39 is 0 Å². The maximum atomic E-state index is 5.89. The van der Waals surface area contributed by atoms with E-state index in [1.807, 2.05) is 31.2 Å². The van der Waals surface area contributed by atoms with Gasteiger partial charge in [0, 0.05) is 38.9 Å². The number of aliphatic imine (C=N–C) groups is 1. The van der Waals surface area contributed by atoms with E-state index in [0.717, 1.165) is 31.2 Å². The molecule has 1 fully saturated rings. The molecule has 1 N–H and O–H groups in total. The topological polar surface area (TPSA) is 54.7 Å². The minimum absolute atomic E-state index is 0.0640. The fourth-order valence-electron chi connectivity index (χ4n) is 2.79. The first-order valence-corrected chi connectivity index (χ1v) is 8.23. The van der Waals surface area contributed by atoms with Crippen molar-refractivity contribution in [3.63, 3.8) is 0 Å². The molecule has 6 heteroatoms. The van der Waals surface area contributed by atoms with Crippen LogP contribution in [0.25, 0.3) is 0 Å². The SMILES string of the molecule is CCC(CC)CNC(=NC)N1CCOC(c2cnn(C)c2)C1. The summed E-state index contributed by atoms with van der Waals surface area (Å²) in [7, 11) is 3.78. The molecule has 0 bridgehead atoms. The molecule has 0 radical (unpaired) electrons. The van der Waals surface area contributed by atoms with Crippen molar-refractivity contribution in [2.75, 3.05) is 33.3 Å². The first kappa shape index (κ1) is 16.8. The van der Waals surface area contributed by atoms with Gasteiger partial charge in [-0.25, -0.2) is 0 Å². The third kappa shape index (κ3) is 4.22. The number of aryl methyl sites for hydroxylation is 1. The van der Waals surface area contributed by atoms with Crippen LogP contribution in [-0.4, -0.2) is 53.9 Å². The van der Waals surface area contributed by atoms with Gasteiger partial charge in [-0.2, -0.15) is 5.10 Å². The maximum Gasteiger partial charge on any atom is 0.193 e. The molecule has 1 saturated heterocycles. The zero-order valence-electron chi connectivity index (χ0n) is 14.2. The minimum atomic E-state index is 0.0640. The molecule has 1 unspecified atom stereocenters. The summed E-state index contributed by atoms with van der Waals surface area (Å²) < 4.78 is 7.71. The van der Waals surface area contributed by atoms with Crippen molar-refractivity contribution in [1.29, 1.82) is 0 Å². The Morgan fingerprint density at radius 1 is 1.50 bits per heavy atom. The highest BCUT2D eigenvalue weighted by molar-refractivity contribution is 5.80. The highest BCUT2D eigenvalue weighted by Crippen LogP contribution is 2.21. The van der Waals surface area contributed by atoms with E-state index in [2.05, 4.69) is 34.2 Å². The molecular formula is C16H29N5O. The Morgan fingerprint density at radius 3 is 2.86 bits per heavy atom. The largest absolute Gasteiger partial charge is 0.370 e. The smallest absolute Gasteiger partial charge is 0.193 e. The van der Waals surface area contributed by atoms with Crippen molar-refractivity contribution in [1.82, 2.24) is 20.0 Å². The maximum absolute atomic E-state index is 5.89. The molecule has 0 amide bonds. The summed E-state index contributed by atoms with van der Waals surface area (Å²) in [6.45, 7) is 7.87. The van der Waals surface area contributed by atoms with Crippen LogP contribution in [-0.2, 0) is 11.8 Å². The van der Waals surface area contributed by atoms with Crippen molar-refractivity contribution in [3.8, 4) is 0 Å². The monoisotopic (exact) mass is 307 g/mol. The van der Waals surface area contributed by atoms with Crippen LogP contribution in [0.4, 0.5) is 0 Å². The van der Waals surface area contributed by atoms with Crippen molar-refractivity contribution in [2.24, 2.45) is 18.0 Å². The molecule has 1 aromatic rings. The van der Waals surface area contributed by atoms with E-state index in [1.165, 1.54) is 12.8 Å². The Balaban J connectivity index is 1.94. The van der Waals surface area contributed by atoms with Crippen LogP contribution in [0.3, 0.4) is 0 Å². The van der Waals surface area contributed by atoms with Gasteiger partial charge in [-0.15, -0.1) is 0 Å². The van der Waals surface area contributed by atoms with Gasteiger partial charge in [0.15, 0.2) is 5.96 Å². The fourth-order valence-corrected chi connectivity index (χ4v) is 2.79. The van der Waals surface area contributed by atoms with E-state index in [0.29, 0.717) is 12.5 Å². The molecule has 2 heterocycles. The second kappa shape index (κ2) is 8.17. The van der Waals surface area contributed by atoms with Gasteiger partial charge >= 0.3 is 0 Å². The number of morpholine rings is 1. The van der Waals surface area contributed by atoms with Crippen LogP contribution in [0.5, 0.6) is 0 Å². The molecule has 22 heavy (non-hydrogen) atoms. The average molecular weight is 307 g/mol. The highest BCUT2D eigenvalue weighted by Gasteiger charge is 2.25. The first-order valence-electron chi connectivity index (χ1n) is 8.23. The van der Waals surface area contributed by atoms with Crippen molar-refractivity contribution >= 4 is 5.96 Å². The van der Waals surface area contributed by atoms with Gasteiger partial charge in [-0.1, -0.05) is 26.7 Å². The van der Waals surface area contributed by atoms with E-state index in [1.54, 1.807) is 0 Å². The first-order chi connectivity index (χ1) is 10.7. The third-order valence-corrected chi connectivity index (χ3v) is 4.38. The lowest BCUT2D eigenvalue weighted by molar-refractivity contribution is -0.00808. The van der Waals surface area contributed by atoms with Gasteiger partial charge in [0.05, 0.1) is 19.3 Å². The molecule has 0 aliphatic carbocycles. The quantitative estimate of drug-likeness (QED) is 0.666. The normalized spacial score (nSPS) is 19.8. The Labute approximate surface area is 133 Å². The number of hydrogen-bond acceptors (Lipinski definition) is 3. The molecule has 1 aliphatic rings. The zero-order chi connectivity index (χ0) is 15.9. The van der Waals surface area contributed by atoms with Crippen molar-refractivity contribution in [2.45, 2.75) is 32.8 Å². The Kier molecular flexibility index (Phi) is 6.24. The molecule has 0 saturated carbocycles.